The van der Waals surface area contributed by atoms with Gasteiger partial charge in [-0.05, 0) is 42.8 Å². The maximum Gasteiger partial charge on any atom is 0.247 e. The van der Waals surface area contributed by atoms with Crippen LogP contribution in [-0.2, 0) is 0 Å². The molecule has 164 valence electrons. The van der Waals surface area contributed by atoms with Crippen LogP contribution in [0.1, 0.15) is 38.5 Å². The molecule has 8 heteroatoms. The number of hydrogen-bond acceptors (Lipinski definition) is 4. The van der Waals surface area contributed by atoms with E-state index in [1.165, 1.54) is 25.7 Å². The fourth-order valence-electron chi connectivity index (χ4n) is 4.48. The van der Waals surface area contributed by atoms with Crippen molar-refractivity contribution in [2.75, 3.05) is 7.11 Å². The van der Waals surface area contributed by atoms with Crippen molar-refractivity contribution in [3.63, 3.8) is 0 Å². The Balaban J connectivity index is 1.84. The first-order valence-electron chi connectivity index (χ1n) is 10.4. The van der Waals surface area contributed by atoms with Crippen LogP contribution in [0.4, 0.5) is 5.69 Å². The van der Waals surface area contributed by atoms with Crippen LogP contribution in [0.5, 0.6) is 5.75 Å². The monoisotopic (exact) mass is 496 g/mol. The van der Waals surface area contributed by atoms with E-state index in [1.54, 1.807) is 25.2 Å². The third-order valence-electron chi connectivity index (χ3n) is 6.04. The maximum absolute atomic E-state index is 6.57. The molecule has 2 aliphatic rings. The summed E-state index contributed by atoms with van der Waals surface area (Å²) in [5.41, 5.74) is 0.821. The number of thioether (sulfide) groups is 1. The summed E-state index contributed by atoms with van der Waals surface area (Å²) in [5.74, 6) is 0.653. The van der Waals surface area contributed by atoms with Crippen molar-refractivity contribution >= 4 is 64.9 Å². The van der Waals surface area contributed by atoms with Crippen LogP contribution >= 0.6 is 46.6 Å². The Bertz CT molecular complexity index is 972. The fraction of sp³-hybridized carbons (Fsp3) is 0.391. The maximum atomic E-state index is 6.57. The predicted octanol–water partition coefficient (Wildman–Crippen LogP) is 7.83. The van der Waals surface area contributed by atoms with E-state index in [-0.39, 0.29) is 5.50 Å². The highest BCUT2D eigenvalue weighted by Crippen LogP contribution is 2.46. The lowest BCUT2D eigenvalue weighted by Crippen LogP contribution is -2.61. The van der Waals surface area contributed by atoms with E-state index in [9.17, 15) is 0 Å². The molecule has 1 aliphatic heterocycles. The lowest BCUT2D eigenvalue weighted by atomic mass is 10.0. The van der Waals surface area contributed by atoms with Crippen molar-refractivity contribution in [3.05, 3.63) is 51.5 Å². The third kappa shape index (κ3) is 4.62. The molecule has 2 unspecified atom stereocenters. The number of hydrogen-bond donors (Lipinski definition) is 0. The minimum absolute atomic E-state index is 0.220. The zero-order valence-corrected chi connectivity index (χ0v) is 20.4. The second kappa shape index (κ2) is 10.1. The normalized spacial score (nSPS) is 24.2. The Morgan fingerprint density at radius 3 is 2.32 bits per heavy atom. The van der Waals surface area contributed by atoms with E-state index in [0.29, 0.717) is 31.3 Å². The molecule has 2 aromatic rings. The molecule has 4 nitrogen and oxygen atoms in total. The molecule has 1 fully saturated rings. The van der Waals surface area contributed by atoms with E-state index in [2.05, 4.69) is 11.1 Å². The number of rotatable bonds is 5. The topological polar surface area (TPSA) is 34.0 Å². The van der Waals surface area contributed by atoms with Crippen LogP contribution in [-0.4, -0.2) is 31.3 Å². The van der Waals surface area contributed by atoms with Gasteiger partial charge in [-0.1, -0.05) is 53.7 Å². The van der Waals surface area contributed by atoms with Gasteiger partial charge >= 0.3 is 0 Å². The van der Waals surface area contributed by atoms with Gasteiger partial charge in [-0.2, -0.15) is 4.99 Å². The van der Waals surface area contributed by atoms with Gasteiger partial charge in [0.15, 0.2) is 6.34 Å². The number of methoxy groups -OCH3 is 1. The number of ether oxygens (including phenoxy) is 1. The van der Waals surface area contributed by atoms with Crippen molar-refractivity contribution in [1.82, 2.24) is 4.48 Å². The summed E-state index contributed by atoms with van der Waals surface area (Å²) in [4.78, 5) is 10.2. The lowest BCUT2D eigenvalue weighted by Gasteiger charge is -2.44. The second-order valence-corrected chi connectivity index (χ2v) is 10.1. The lowest BCUT2D eigenvalue weighted by molar-refractivity contribution is 0.276. The number of benzene rings is 2. The molecule has 2 atom stereocenters. The zero-order chi connectivity index (χ0) is 21.8. The van der Waals surface area contributed by atoms with Crippen LogP contribution in [0.3, 0.4) is 0 Å². The van der Waals surface area contributed by atoms with E-state index in [4.69, 9.17) is 44.5 Å². The van der Waals surface area contributed by atoms with Gasteiger partial charge in [0.05, 0.1) is 27.1 Å². The van der Waals surface area contributed by atoms with Gasteiger partial charge in [0.2, 0.25) is 5.50 Å². The van der Waals surface area contributed by atoms with Crippen LogP contribution in [0.2, 0.25) is 15.1 Å². The second-order valence-electron chi connectivity index (χ2n) is 7.82. The van der Waals surface area contributed by atoms with Gasteiger partial charge in [0.25, 0.3) is 0 Å². The summed E-state index contributed by atoms with van der Waals surface area (Å²) in [6, 6.07) is 11.9. The summed E-state index contributed by atoms with van der Waals surface area (Å²) in [5, 5.41) is 1.83. The molecule has 0 bridgehead atoms. The number of quaternary nitrogens is 1. The van der Waals surface area contributed by atoms with Crippen LogP contribution < -0.4 is 9.22 Å². The van der Waals surface area contributed by atoms with Crippen molar-refractivity contribution in [2.24, 2.45) is 9.98 Å². The summed E-state index contributed by atoms with van der Waals surface area (Å²) in [7, 11) is 1.63. The van der Waals surface area contributed by atoms with E-state index >= 15 is 0 Å². The fourth-order valence-corrected chi connectivity index (χ4v) is 6.61. The molecular weight excluding hydrogens is 473 g/mol. The largest absolute Gasteiger partial charge is 0.495 e. The molecule has 0 spiro atoms. The Labute approximate surface area is 202 Å². The molecule has 1 heterocycles. The molecule has 2 aromatic carbocycles. The number of nitrogens with zero attached hydrogens (tertiary/aromatic N) is 3. The predicted molar refractivity (Wildman–Crippen MR) is 134 cm³/mol. The van der Waals surface area contributed by atoms with Crippen LogP contribution in [0.25, 0.3) is 0 Å². The SMILES string of the molecule is COc1ccc([N+]2(C3CCCCCC3)C=NC=NC2Sc2c(Cl)cccc2Cl)cc1Cl. The Morgan fingerprint density at radius 1 is 0.968 bits per heavy atom. The van der Waals surface area contributed by atoms with E-state index in [1.807, 2.05) is 36.7 Å². The Kier molecular flexibility index (Phi) is 7.50. The molecule has 1 aliphatic carbocycles. The first-order valence-corrected chi connectivity index (χ1v) is 12.5. The summed E-state index contributed by atoms with van der Waals surface area (Å²) in [6.45, 7) is 0. The first-order chi connectivity index (χ1) is 15.1. The molecule has 1 saturated carbocycles. The quantitative estimate of drug-likeness (QED) is 0.311. The standard InChI is InChI=1S/C23H25Cl3N3OS/c1-30-21-12-11-17(13-20(21)26)29(16-7-4-2-3-5-8-16)15-27-14-28-23(29)31-22-18(24)9-6-10-19(22)25/h6,9-16,23H,2-5,7-8H2,1H3/q+1. The van der Waals surface area contributed by atoms with Gasteiger partial charge < -0.3 is 4.74 Å². The summed E-state index contributed by atoms with van der Waals surface area (Å²) in [6.07, 6.45) is 10.7. The Morgan fingerprint density at radius 2 is 1.68 bits per heavy atom. The van der Waals surface area contributed by atoms with Gasteiger partial charge in [-0.3, -0.25) is 0 Å². The minimum Gasteiger partial charge on any atom is -0.495 e. The van der Waals surface area contributed by atoms with Crippen molar-refractivity contribution in [2.45, 2.75) is 55.0 Å². The molecule has 0 amide bonds. The molecular formula is C23H25Cl3N3OS+. The molecule has 31 heavy (non-hydrogen) atoms. The van der Waals surface area contributed by atoms with Gasteiger partial charge in [0.1, 0.15) is 23.8 Å². The van der Waals surface area contributed by atoms with Crippen LogP contribution in [0, 0.1) is 0 Å². The van der Waals surface area contributed by atoms with Crippen molar-refractivity contribution in [3.8, 4) is 5.75 Å². The highest BCUT2D eigenvalue weighted by molar-refractivity contribution is 8.00. The smallest absolute Gasteiger partial charge is 0.247 e. The number of halogens is 3. The highest BCUT2D eigenvalue weighted by atomic mass is 35.5. The van der Waals surface area contributed by atoms with Crippen molar-refractivity contribution < 1.29 is 4.74 Å². The van der Waals surface area contributed by atoms with Gasteiger partial charge in [-0.25, -0.2) is 9.48 Å². The molecule has 0 radical (unpaired) electrons. The minimum atomic E-state index is -0.220. The average molecular weight is 498 g/mol. The molecule has 0 aromatic heterocycles. The molecule has 0 saturated heterocycles. The Hall–Kier alpha value is -1.24. The van der Waals surface area contributed by atoms with E-state index < -0.39 is 0 Å². The third-order valence-corrected chi connectivity index (χ3v) is 8.54. The van der Waals surface area contributed by atoms with Crippen LogP contribution in [0.15, 0.2) is 51.3 Å². The van der Waals surface area contributed by atoms with Gasteiger partial charge in [0, 0.05) is 25.0 Å². The molecule has 0 N–H and O–H groups in total. The average Bonchev–Trinajstić information content (AvgIpc) is 3.06. The van der Waals surface area contributed by atoms with Gasteiger partial charge in [-0.15, -0.1) is 0 Å². The van der Waals surface area contributed by atoms with Crippen molar-refractivity contribution in [1.29, 1.82) is 0 Å². The summed E-state index contributed by atoms with van der Waals surface area (Å²) < 4.78 is 5.88. The summed E-state index contributed by atoms with van der Waals surface area (Å²) >= 11 is 21.2. The number of aliphatic imine (C=N–C) groups is 2. The zero-order valence-electron chi connectivity index (χ0n) is 17.3. The first kappa shape index (κ1) is 22.9. The van der Waals surface area contributed by atoms with E-state index in [0.717, 1.165) is 23.4 Å². The molecule has 4 rings (SSSR count). The highest BCUT2D eigenvalue weighted by Gasteiger charge is 2.47.